The van der Waals surface area contributed by atoms with Crippen LogP contribution < -0.4 is 4.74 Å². The predicted molar refractivity (Wildman–Crippen MR) is 128 cm³/mol. The van der Waals surface area contributed by atoms with Crippen molar-refractivity contribution in [3.8, 4) is 5.75 Å². The van der Waals surface area contributed by atoms with Crippen LogP contribution in [-0.4, -0.2) is 36.6 Å². The number of ether oxygens (including phenoxy) is 1. The maximum absolute atomic E-state index is 5.49. The van der Waals surface area contributed by atoms with E-state index in [1.54, 1.807) is 12.7 Å². The molecule has 1 fully saturated rings. The highest BCUT2D eigenvalue weighted by Gasteiger charge is 2.22. The summed E-state index contributed by atoms with van der Waals surface area (Å²) in [6, 6.07) is 8.42. The van der Waals surface area contributed by atoms with Gasteiger partial charge in [-0.15, -0.1) is 0 Å². The van der Waals surface area contributed by atoms with Crippen LogP contribution in [0.4, 0.5) is 0 Å². The van der Waals surface area contributed by atoms with Gasteiger partial charge < -0.3 is 4.74 Å². The number of piperidine rings is 1. The minimum Gasteiger partial charge on any atom is -0.494 e. The monoisotopic (exact) mass is 408 g/mol. The Morgan fingerprint density at radius 3 is 2.80 bits per heavy atom. The van der Waals surface area contributed by atoms with Crippen LogP contribution in [0.2, 0.25) is 0 Å². The van der Waals surface area contributed by atoms with Gasteiger partial charge in [0.15, 0.2) is 0 Å². The fourth-order valence-corrected chi connectivity index (χ4v) is 4.90. The van der Waals surface area contributed by atoms with Crippen molar-refractivity contribution in [2.24, 2.45) is 5.92 Å². The third kappa shape index (κ3) is 6.07. The molecule has 2 aromatic rings. The molecule has 0 saturated carbocycles. The molecule has 0 unspecified atom stereocenters. The highest BCUT2D eigenvalue weighted by Crippen LogP contribution is 2.30. The highest BCUT2D eigenvalue weighted by molar-refractivity contribution is 5.87. The summed E-state index contributed by atoms with van der Waals surface area (Å²) in [6.07, 6.45) is 16.1. The molecular weight excluding hydrogens is 368 g/mol. The maximum Gasteiger partial charge on any atom is 0.145 e. The molecule has 2 heterocycles. The first kappa shape index (κ1) is 22.8. The Hall–Kier alpha value is -1.87. The summed E-state index contributed by atoms with van der Waals surface area (Å²) in [5.74, 6) is 1.63. The molecule has 3 rings (SSSR count). The average molecular weight is 409 g/mol. The number of nitrogens with zero attached hydrogens (tertiary/aromatic N) is 2. The lowest BCUT2D eigenvalue weighted by molar-refractivity contribution is 0.223. The number of aryl methyl sites for hydroxylation is 1. The summed E-state index contributed by atoms with van der Waals surface area (Å²) in [5, 5.41) is 1.24. The van der Waals surface area contributed by atoms with Gasteiger partial charge in [0.1, 0.15) is 11.3 Å². The standard InChI is InChI=1S/C27H40N2O/c1-4-6-7-8-9-19-29-20-17-23(22(5-2)21-29)12-10-13-24-16-18-28-27-25(24)14-11-15-26(27)30-3/h5,11,14-16,18,23H,4,6-10,12-13,17,19-21H2,1-3H3/t23-/m1/s1. The van der Waals surface area contributed by atoms with Crippen LogP contribution in [-0.2, 0) is 6.42 Å². The number of hydrogen-bond acceptors (Lipinski definition) is 3. The third-order valence-corrected chi connectivity index (χ3v) is 6.72. The van der Waals surface area contributed by atoms with Gasteiger partial charge in [0.25, 0.3) is 0 Å². The molecule has 1 aromatic heterocycles. The summed E-state index contributed by atoms with van der Waals surface area (Å²) >= 11 is 0. The van der Waals surface area contributed by atoms with Crippen LogP contribution in [0, 0.1) is 5.92 Å². The molecule has 0 N–H and O–H groups in total. The molecule has 0 bridgehead atoms. The number of benzene rings is 1. The van der Waals surface area contributed by atoms with E-state index in [0.29, 0.717) is 0 Å². The first-order valence-electron chi connectivity index (χ1n) is 12.0. The predicted octanol–water partition coefficient (Wildman–Crippen LogP) is 6.80. The lowest BCUT2D eigenvalue weighted by Gasteiger charge is -2.34. The fraction of sp³-hybridized carbons (Fsp3) is 0.593. The second-order valence-electron chi connectivity index (χ2n) is 8.76. The van der Waals surface area contributed by atoms with Crippen LogP contribution in [0.25, 0.3) is 10.9 Å². The summed E-state index contributed by atoms with van der Waals surface area (Å²) in [7, 11) is 1.72. The highest BCUT2D eigenvalue weighted by atomic mass is 16.5. The average Bonchev–Trinajstić information content (AvgIpc) is 2.79. The SMILES string of the molecule is CC=C1CN(CCCCCCC)CC[C@H]1CCCc1ccnc2c(OC)cccc12. The normalized spacial score (nSPS) is 18.9. The van der Waals surface area contributed by atoms with Gasteiger partial charge >= 0.3 is 0 Å². The van der Waals surface area contributed by atoms with Crippen molar-refractivity contribution in [1.82, 2.24) is 9.88 Å². The molecule has 0 spiro atoms. The van der Waals surface area contributed by atoms with E-state index in [2.05, 4.69) is 48.0 Å². The summed E-state index contributed by atoms with van der Waals surface area (Å²) in [5.41, 5.74) is 4.04. The van der Waals surface area contributed by atoms with Crippen molar-refractivity contribution in [1.29, 1.82) is 0 Å². The van der Waals surface area contributed by atoms with Gasteiger partial charge in [0.05, 0.1) is 7.11 Å². The molecule has 1 atom stereocenters. The van der Waals surface area contributed by atoms with E-state index in [-0.39, 0.29) is 0 Å². The molecule has 1 aromatic carbocycles. The van der Waals surface area contributed by atoms with Gasteiger partial charge in [-0.2, -0.15) is 0 Å². The molecule has 0 aliphatic carbocycles. The zero-order valence-electron chi connectivity index (χ0n) is 19.3. The Morgan fingerprint density at radius 1 is 1.13 bits per heavy atom. The van der Waals surface area contributed by atoms with E-state index in [0.717, 1.165) is 23.6 Å². The minimum atomic E-state index is 0.758. The molecule has 30 heavy (non-hydrogen) atoms. The summed E-state index contributed by atoms with van der Waals surface area (Å²) < 4.78 is 5.49. The molecule has 1 aliphatic heterocycles. The van der Waals surface area contributed by atoms with Crippen molar-refractivity contribution in [3.05, 3.63) is 47.7 Å². The van der Waals surface area contributed by atoms with Gasteiger partial charge in [-0.3, -0.25) is 9.88 Å². The largest absolute Gasteiger partial charge is 0.494 e. The quantitative estimate of drug-likeness (QED) is 0.302. The van der Waals surface area contributed by atoms with E-state index in [1.807, 2.05) is 12.3 Å². The van der Waals surface area contributed by atoms with Crippen molar-refractivity contribution in [3.63, 3.8) is 0 Å². The Morgan fingerprint density at radius 2 is 2.00 bits per heavy atom. The zero-order valence-corrected chi connectivity index (χ0v) is 19.3. The van der Waals surface area contributed by atoms with Gasteiger partial charge in [0, 0.05) is 18.1 Å². The van der Waals surface area contributed by atoms with E-state index < -0.39 is 0 Å². The molecule has 0 radical (unpaired) electrons. The van der Waals surface area contributed by atoms with Crippen LogP contribution in [0.3, 0.4) is 0 Å². The van der Waals surface area contributed by atoms with E-state index in [4.69, 9.17) is 4.74 Å². The molecule has 164 valence electrons. The number of rotatable bonds is 11. The zero-order chi connectivity index (χ0) is 21.2. The number of fused-ring (bicyclic) bond motifs is 1. The number of unbranched alkanes of at least 4 members (excludes halogenated alkanes) is 4. The van der Waals surface area contributed by atoms with Crippen LogP contribution in [0.1, 0.15) is 70.8 Å². The molecule has 1 saturated heterocycles. The number of methoxy groups -OCH3 is 1. The molecular formula is C27H40N2O. The second-order valence-corrected chi connectivity index (χ2v) is 8.76. The number of hydrogen-bond donors (Lipinski definition) is 0. The van der Waals surface area contributed by atoms with Gasteiger partial charge in [-0.25, -0.2) is 0 Å². The third-order valence-electron chi connectivity index (χ3n) is 6.72. The van der Waals surface area contributed by atoms with Gasteiger partial charge in [-0.05, 0) is 75.7 Å². The van der Waals surface area contributed by atoms with Crippen LogP contribution >= 0.6 is 0 Å². The Labute approximate surface area is 183 Å². The second kappa shape index (κ2) is 12.1. The first-order chi connectivity index (χ1) is 14.8. The van der Waals surface area contributed by atoms with Gasteiger partial charge in [0.2, 0.25) is 0 Å². The van der Waals surface area contributed by atoms with Crippen LogP contribution in [0.5, 0.6) is 5.75 Å². The van der Waals surface area contributed by atoms with Crippen molar-refractivity contribution in [2.45, 2.75) is 71.6 Å². The minimum absolute atomic E-state index is 0.758. The topological polar surface area (TPSA) is 25.4 Å². The van der Waals surface area contributed by atoms with Crippen LogP contribution in [0.15, 0.2) is 42.1 Å². The number of likely N-dealkylation sites (tertiary alicyclic amines) is 1. The lowest BCUT2D eigenvalue weighted by atomic mass is 9.86. The van der Waals surface area contributed by atoms with Gasteiger partial charge in [-0.1, -0.05) is 56.4 Å². The Bertz CT molecular complexity index is 814. The molecule has 1 aliphatic rings. The number of para-hydroxylation sites is 1. The Kier molecular flexibility index (Phi) is 9.20. The summed E-state index contributed by atoms with van der Waals surface area (Å²) in [6.45, 7) is 8.25. The van der Waals surface area contributed by atoms with E-state index in [1.165, 1.54) is 82.0 Å². The van der Waals surface area contributed by atoms with Crippen molar-refractivity contribution < 1.29 is 4.74 Å². The molecule has 0 amide bonds. The smallest absolute Gasteiger partial charge is 0.145 e. The maximum atomic E-state index is 5.49. The number of allylic oxidation sites excluding steroid dienone is 1. The van der Waals surface area contributed by atoms with Crippen molar-refractivity contribution in [2.75, 3.05) is 26.7 Å². The lowest BCUT2D eigenvalue weighted by Crippen LogP contribution is -2.36. The Balaban J connectivity index is 1.49. The van der Waals surface area contributed by atoms with Crippen molar-refractivity contribution >= 4 is 10.9 Å². The molecule has 3 nitrogen and oxygen atoms in total. The number of aromatic nitrogens is 1. The number of pyridine rings is 1. The van der Waals surface area contributed by atoms with E-state index in [9.17, 15) is 0 Å². The summed E-state index contributed by atoms with van der Waals surface area (Å²) in [4.78, 5) is 7.23. The molecule has 3 heteroatoms. The van der Waals surface area contributed by atoms with E-state index >= 15 is 0 Å². The fourth-order valence-electron chi connectivity index (χ4n) is 4.90. The first-order valence-corrected chi connectivity index (χ1v) is 12.0.